The van der Waals surface area contributed by atoms with E-state index in [-0.39, 0.29) is 17.9 Å². The van der Waals surface area contributed by atoms with Gasteiger partial charge in [0.1, 0.15) is 5.75 Å². The fraction of sp³-hybridized carbons (Fsp3) is 0.208. The highest BCUT2D eigenvalue weighted by Gasteiger charge is 2.33. The number of halogens is 1. The number of thiazole rings is 1. The molecule has 1 aliphatic heterocycles. The SMILES string of the molecule is CCOC(=O)C1=C(C)N=c2s/c(=C(\C)c3ccc(O)cc3)c(=O)n2C1c1ccc(Cl)cc1. The lowest BCUT2D eigenvalue weighted by Crippen LogP contribution is -2.40. The average Bonchev–Trinajstić information content (AvgIpc) is 3.09. The number of hydrogen-bond acceptors (Lipinski definition) is 6. The third kappa shape index (κ3) is 3.89. The molecule has 0 fully saturated rings. The van der Waals surface area contributed by atoms with E-state index in [2.05, 4.69) is 4.99 Å². The van der Waals surface area contributed by atoms with E-state index in [0.717, 1.165) is 16.7 Å². The first kappa shape index (κ1) is 22.0. The van der Waals surface area contributed by atoms with Crippen LogP contribution in [0.25, 0.3) is 5.57 Å². The lowest BCUT2D eigenvalue weighted by molar-refractivity contribution is -0.139. The van der Waals surface area contributed by atoms with Gasteiger partial charge in [-0.05, 0) is 61.7 Å². The molecule has 2 heterocycles. The Hall–Kier alpha value is -3.16. The predicted molar refractivity (Wildman–Crippen MR) is 125 cm³/mol. The summed E-state index contributed by atoms with van der Waals surface area (Å²) < 4.78 is 7.36. The van der Waals surface area contributed by atoms with E-state index in [4.69, 9.17) is 16.3 Å². The maximum Gasteiger partial charge on any atom is 0.338 e. The summed E-state index contributed by atoms with van der Waals surface area (Å²) >= 11 is 7.35. The number of aromatic nitrogens is 1. The number of carbonyl (C=O) groups excluding carboxylic acids is 1. The number of phenolic OH excluding ortho intramolecular Hbond substituents is 1. The number of nitrogens with zero attached hydrogens (tertiary/aromatic N) is 2. The van der Waals surface area contributed by atoms with Crippen molar-refractivity contribution in [3.05, 3.63) is 95.6 Å². The Morgan fingerprint density at radius 1 is 1.19 bits per heavy atom. The van der Waals surface area contributed by atoms with Crippen LogP contribution in [0.1, 0.15) is 37.9 Å². The monoisotopic (exact) mass is 468 g/mol. The molecule has 4 rings (SSSR count). The first-order chi connectivity index (χ1) is 15.3. The average molecular weight is 469 g/mol. The summed E-state index contributed by atoms with van der Waals surface area (Å²) in [5.41, 5.74) is 2.92. The van der Waals surface area contributed by atoms with E-state index in [0.29, 0.717) is 25.6 Å². The Balaban J connectivity index is 1.99. The molecule has 8 heteroatoms. The molecule has 0 saturated carbocycles. The van der Waals surface area contributed by atoms with E-state index in [1.54, 1.807) is 66.9 Å². The van der Waals surface area contributed by atoms with Crippen LogP contribution in [0.3, 0.4) is 0 Å². The minimum Gasteiger partial charge on any atom is -0.508 e. The van der Waals surface area contributed by atoms with Gasteiger partial charge in [-0.1, -0.05) is 47.2 Å². The number of phenols is 1. The van der Waals surface area contributed by atoms with Gasteiger partial charge in [-0.3, -0.25) is 9.36 Å². The van der Waals surface area contributed by atoms with Crippen molar-refractivity contribution in [2.45, 2.75) is 26.8 Å². The number of esters is 1. The van der Waals surface area contributed by atoms with Gasteiger partial charge in [-0.25, -0.2) is 9.79 Å². The standard InChI is InChI=1S/C24H21ClN2O4S/c1-4-31-23(30)19-14(3)26-24-27(20(19)16-5-9-17(25)10-6-16)22(29)21(32-24)13(2)15-7-11-18(28)12-8-15/h5-12,20,28H,4H2,1-3H3/b21-13+. The van der Waals surface area contributed by atoms with Gasteiger partial charge in [0.25, 0.3) is 5.56 Å². The second kappa shape index (κ2) is 8.76. The number of aromatic hydroxyl groups is 1. The second-order valence-electron chi connectivity index (χ2n) is 7.35. The van der Waals surface area contributed by atoms with Crippen molar-refractivity contribution in [3.8, 4) is 5.75 Å². The Morgan fingerprint density at radius 2 is 1.84 bits per heavy atom. The van der Waals surface area contributed by atoms with E-state index < -0.39 is 12.0 Å². The highest BCUT2D eigenvalue weighted by molar-refractivity contribution is 7.07. The summed E-state index contributed by atoms with van der Waals surface area (Å²) in [6.45, 7) is 5.56. The van der Waals surface area contributed by atoms with Crippen LogP contribution in [0, 0.1) is 0 Å². The normalized spacial score (nSPS) is 16.3. The molecule has 3 aromatic rings. The van der Waals surface area contributed by atoms with Gasteiger partial charge in [0, 0.05) is 5.02 Å². The number of ether oxygens (including phenoxy) is 1. The summed E-state index contributed by atoms with van der Waals surface area (Å²) in [5.74, 6) is -0.348. The first-order valence-electron chi connectivity index (χ1n) is 10.1. The van der Waals surface area contributed by atoms with Gasteiger partial charge in [0.2, 0.25) is 0 Å². The predicted octanol–water partition coefficient (Wildman–Crippen LogP) is 3.55. The third-order valence-electron chi connectivity index (χ3n) is 5.32. The second-order valence-corrected chi connectivity index (χ2v) is 8.76. The van der Waals surface area contributed by atoms with Gasteiger partial charge in [-0.15, -0.1) is 0 Å². The minimum absolute atomic E-state index is 0.153. The summed E-state index contributed by atoms with van der Waals surface area (Å²) in [4.78, 5) is 31.6. The lowest BCUT2D eigenvalue weighted by Gasteiger charge is -2.24. The van der Waals surface area contributed by atoms with E-state index >= 15 is 0 Å². The zero-order chi connectivity index (χ0) is 23.0. The van der Waals surface area contributed by atoms with Gasteiger partial charge < -0.3 is 9.84 Å². The van der Waals surface area contributed by atoms with Gasteiger partial charge in [0.05, 0.1) is 28.5 Å². The molecule has 1 unspecified atom stereocenters. The van der Waals surface area contributed by atoms with Crippen molar-refractivity contribution in [1.29, 1.82) is 0 Å². The van der Waals surface area contributed by atoms with Crippen molar-refractivity contribution in [2.75, 3.05) is 6.61 Å². The highest BCUT2D eigenvalue weighted by Crippen LogP contribution is 2.31. The third-order valence-corrected chi connectivity index (χ3v) is 6.73. The molecular weight excluding hydrogens is 448 g/mol. The van der Waals surface area contributed by atoms with Gasteiger partial charge >= 0.3 is 5.97 Å². The van der Waals surface area contributed by atoms with Crippen LogP contribution in [-0.2, 0) is 9.53 Å². The Kier molecular flexibility index (Phi) is 6.04. The Bertz CT molecular complexity index is 1400. The van der Waals surface area contributed by atoms with Gasteiger partial charge in [0.15, 0.2) is 4.80 Å². The van der Waals surface area contributed by atoms with Crippen LogP contribution >= 0.6 is 22.9 Å². The first-order valence-corrected chi connectivity index (χ1v) is 11.2. The number of fused-ring (bicyclic) bond motifs is 1. The molecule has 164 valence electrons. The molecule has 1 atom stereocenters. The van der Waals surface area contributed by atoms with Gasteiger partial charge in [-0.2, -0.15) is 0 Å². The molecule has 2 aromatic carbocycles. The summed E-state index contributed by atoms with van der Waals surface area (Å²) in [5, 5.41) is 10.1. The number of allylic oxidation sites excluding steroid dienone is 1. The molecule has 0 radical (unpaired) electrons. The van der Waals surface area contributed by atoms with Crippen LogP contribution in [0.15, 0.2) is 69.6 Å². The van der Waals surface area contributed by atoms with Crippen molar-refractivity contribution < 1.29 is 14.6 Å². The maximum atomic E-state index is 13.6. The smallest absolute Gasteiger partial charge is 0.338 e. The molecule has 0 spiro atoms. The van der Waals surface area contributed by atoms with Crippen molar-refractivity contribution in [2.24, 2.45) is 4.99 Å². The molecule has 0 bridgehead atoms. The molecule has 6 nitrogen and oxygen atoms in total. The number of rotatable bonds is 4. The van der Waals surface area contributed by atoms with Crippen LogP contribution < -0.4 is 14.9 Å². The Labute approximate surface area is 193 Å². The molecule has 1 aromatic heterocycles. The number of hydrogen-bond donors (Lipinski definition) is 1. The fourth-order valence-corrected chi connectivity index (χ4v) is 4.96. The number of benzene rings is 2. The van der Waals surface area contributed by atoms with Crippen LogP contribution in [0.2, 0.25) is 5.02 Å². The highest BCUT2D eigenvalue weighted by atomic mass is 35.5. The molecule has 1 N–H and O–H groups in total. The molecule has 32 heavy (non-hydrogen) atoms. The quantitative estimate of drug-likeness (QED) is 0.594. The van der Waals surface area contributed by atoms with Crippen molar-refractivity contribution in [3.63, 3.8) is 0 Å². The molecular formula is C24H21ClN2O4S. The topological polar surface area (TPSA) is 80.9 Å². The van der Waals surface area contributed by atoms with Crippen LogP contribution in [0.5, 0.6) is 5.75 Å². The molecule has 0 saturated heterocycles. The van der Waals surface area contributed by atoms with Crippen molar-refractivity contribution >= 4 is 34.5 Å². The minimum atomic E-state index is -0.677. The number of carbonyl (C=O) groups is 1. The van der Waals surface area contributed by atoms with Crippen molar-refractivity contribution in [1.82, 2.24) is 4.57 Å². The summed E-state index contributed by atoms with van der Waals surface area (Å²) in [6, 6.07) is 13.1. The largest absolute Gasteiger partial charge is 0.508 e. The molecule has 0 aliphatic carbocycles. The zero-order valence-electron chi connectivity index (χ0n) is 17.8. The maximum absolute atomic E-state index is 13.6. The molecule has 0 amide bonds. The van der Waals surface area contributed by atoms with E-state index in [1.807, 2.05) is 6.92 Å². The lowest BCUT2D eigenvalue weighted by atomic mass is 9.96. The Morgan fingerprint density at radius 3 is 2.47 bits per heavy atom. The molecule has 1 aliphatic rings. The van der Waals surface area contributed by atoms with Crippen LogP contribution in [0.4, 0.5) is 0 Å². The van der Waals surface area contributed by atoms with E-state index in [1.165, 1.54) is 11.3 Å². The van der Waals surface area contributed by atoms with E-state index in [9.17, 15) is 14.7 Å². The zero-order valence-corrected chi connectivity index (χ0v) is 19.3. The van der Waals surface area contributed by atoms with Crippen LogP contribution in [-0.4, -0.2) is 22.2 Å². The summed E-state index contributed by atoms with van der Waals surface area (Å²) in [7, 11) is 0. The summed E-state index contributed by atoms with van der Waals surface area (Å²) in [6.07, 6.45) is 0. The fourth-order valence-electron chi connectivity index (χ4n) is 3.72.